The Kier molecular flexibility index (Phi) is 7.21. The summed E-state index contributed by atoms with van der Waals surface area (Å²) in [6, 6.07) is 9.97. The molecule has 3 N–H and O–H groups in total. The molecule has 2 aromatic carbocycles. The summed E-state index contributed by atoms with van der Waals surface area (Å²) in [5, 5.41) is 3.30. The van der Waals surface area contributed by atoms with Crippen LogP contribution in [-0.4, -0.2) is 17.7 Å². The van der Waals surface area contributed by atoms with Crippen molar-refractivity contribution >= 4 is 46.6 Å². The average molecular weight is 408 g/mol. The molecule has 0 unspecified atom stereocenters. The summed E-state index contributed by atoms with van der Waals surface area (Å²) in [7, 11) is 0. The topological polar surface area (TPSA) is 87.3 Å². The average Bonchev–Trinajstić information content (AvgIpc) is 2.61. The number of amides is 3. The lowest BCUT2D eigenvalue weighted by Gasteiger charge is -2.09. The van der Waals surface area contributed by atoms with Gasteiger partial charge in [0.2, 0.25) is 11.8 Å². The predicted octanol–water partition coefficient (Wildman–Crippen LogP) is 3.79. The molecule has 0 heterocycles. The summed E-state index contributed by atoms with van der Waals surface area (Å²) in [6.45, 7) is 3.94. The summed E-state index contributed by atoms with van der Waals surface area (Å²) in [6.07, 6.45) is -0.0956. The molecule has 0 aliphatic heterocycles. The normalized spacial score (nSPS) is 10.2. The number of halogens is 2. The highest BCUT2D eigenvalue weighted by Gasteiger charge is 2.12. The van der Waals surface area contributed by atoms with E-state index in [9.17, 15) is 14.4 Å². The Morgan fingerprint density at radius 1 is 0.852 bits per heavy atom. The fourth-order valence-electron chi connectivity index (χ4n) is 2.20. The van der Waals surface area contributed by atoms with Gasteiger partial charge in [-0.3, -0.25) is 25.2 Å². The molecular weight excluding hydrogens is 389 g/mol. The van der Waals surface area contributed by atoms with E-state index >= 15 is 0 Å². The Morgan fingerprint density at radius 3 is 2.22 bits per heavy atom. The van der Waals surface area contributed by atoms with Gasteiger partial charge in [-0.2, -0.15) is 0 Å². The van der Waals surface area contributed by atoms with Gasteiger partial charge in [0.05, 0.1) is 10.6 Å². The first kappa shape index (κ1) is 20.7. The highest BCUT2D eigenvalue weighted by molar-refractivity contribution is 6.36. The van der Waals surface area contributed by atoms with Crippen LogP contribution >= 0.6 is 23.2 Å². The third-order valence-electron chi connectivity index (χ3n) is 3.86. The van der Waals surface area contributed by atoms with Crippen molar-refractivity contribution in [1.82, 2.24) is 10.9 Å². The lowest BCUT2D eigenvalue weighted by atomic mass is 10.1. The van der Waals surface area contributed by atoms with Crippen LogP contribution in [0, 0.1) is 13.8 Å². The molecule has 2 rings (SSSR count). The molecule has 6 nitrogen and oxygen atoms in total. The van der Waals surface area contributed by atoms with Gasteiger partial charge in [0.25, 0.3) is 5.91 Å². The number of carbonyl (C=O) groups excluding carboxylic acids is 3. The fraction of sp³-hybridized carbons (Fsp3) is 0.211. The van der Waals surface area contributed by atoms with Gasteiger partial charge in [-0.05, 0) is 55.3 Å². The van der Waals surface area contributed by atoms with E-state index in [0.717, 1.165) is 11.1 Å². The van der Waals surface area contributed by atoms with Crippen molar-refractivity contribution in [3.8, 4) is 0 Å². The molecule has 0 aliphatic carbocycles. The number of rotatable bonds is 5. The van der Waals surface area contributed by atoms with E-state index in [1.165, 1.54) is 18.2 Å². The number of carbonyl (C=O) groups is 3. The summed E-state index contributed by atoms with van der Waals surface area (Å²) in [5.74, 6) is -1.37. The largest absolute Gasteiger partial charge is 0.326 e. The number of anilines is 1. The third-order valence-corrected chi connectivity index (χ3v) is 4.41. The zero-order valence-electron chi connectivity index (χ0n) is 14.9. The van der Waals surface area contributed by atoms with E-state index in [2.05, 4.69) is 16.2 Å². The van der Waals surface area contributed by atoms with Crippen LogP contribution in [0.3, 0.4) is 0 Å². The maximum atomic E-state index is 12.0. The highest BCUT2D eigenvalue weighted by atomic mass is 35.5. The summed E-state index contributed by atoms with van der Waals surface area (Å²) >= 11 is 11.7. The van der Waals surface area contributed by atoms with Gasteiger partial charge >= 0.3 is 0 Å². The summed E-state index contributed by atoms with van der Waals surface area (Å²) in [4.78, 5) is 35.7. The van der Waals surface area contributed by atoms with Crippen molar-refractivity contribution in [3.63, 3.8) is 0 Å². The quantitative estimate of drug-likeness (QED) is 0.658. The summed E-state index contributed by atoms with van der Waals surface area (Å²) < 4.78 is 0. The van der Waals surface area contributed by atoms with Crippen molar-refractivity contribution in [2.45, 2.75) is 26.7 Å². The Bertz CT molecular complexity index is 884. The number of hydrogen-bond donors (Lipinski definition) is 3. The maximum absolute atomic E-state index is 12.0. The molecule has 0 aromatic heterocycles. The molecule has 0 fully saturated rings. The lowest BCUT2D eigenvalue weighted by Crippen LogP contribution is -2.41. The monoisotopic (exact) mass is 407 g/mol. The fourth-order valence-corrected chi connectivity index (χ4v) is 2.69. The second-order valence-corrected chi connectivity index (χ2v) is 6.82. The molecule has 2 aromatic rings. The number of nitrogens with one attached hydrogen (secondary N) is 3. The second-order valence-electron chi connectivity index (χ2n) is 5.97. The Labute approximate surface area is 167 Å². The van der Waals surface area contributed by atoms with Gasteiger partial charge in [-0.25, -0.2) is 0 Å². The molecule has 3 amide bonds. The molecule has 142 valence electrons. The highest BCUT2D eigenvalue weighted by Crippen LogP contribution is 2.20. The first-order chi connectivity index (χ1) is 12.8. The van der Waals surface area contributed by atoms with Gasteiger partial charge in [-0.15, -0.1) is 0 Å². The van der Waals surface area contributed by atoms with Crippen LogP contribution < -0.4 is 16.2 Å². The second kappa shape index (κ2) is 9.39. The van der Waals surface area contributed by atoms with E-state index in [1.807, 2.05) is 26.0 Å². The molecule has 0 saturated heterocycles. The predicted molar refractivity (Wildman–Crippen MR) is 106 cm³/mol. The standard InChI is InChI=1S/C19H19Cl2N3O3/c1-11-3-5-14(9-12(11)2)22-17(25)7-8-18(26)23-24-19(27)15-6-4-13(20)10-16(15)21/h3-6,9-10H,7-8H2,1-2H3,(H,22,25)(H,23,26)(H,24,27). The van der Waals surface area contributed by atoms with E-state index in [1.54, 1.807) is 6.07 Å². The SMILES string of the molecule is Cc1ccc(NC(=O)CCC(=O)NNC(=O)c2ccc(Cl)cc2Cl)cc1C. The van der Waals surface area contributed by atoms with Crippen molar-refractivity contribution < 1.29 is 14.4 Å². The van der Waals surface area contributed by atoms with Crippen LogP contribution in [0.15, 0.2) is 36.4 Å². The zero-order valence-corrected chi connectivity index (χ0v) is 16.4. The van der Waals surface area contributed by atoms with Crippen LogP contribution in [0.5, 0.6) is 0 Å². The first-order valence-electron chi connectivity index (χ1n) is 8.17. The van der Waals surface area contributed by atoms with Gasteiger partial charge in [0, 0.05) is 23.6 Å². The molecule has 0 bridgehead atoms. The van der Waals surface area contributed by atoms with Gasteiger partial charge in [-0.1, -0.05) is 29.3 Å². The van der Waals surface area contributed by atoms with Crippen LogP contribution in [0.1, 0.15) is 34.3 Å². The Hall–Kier alpha value is -2.57. The van der Waals surface area contributed by atoms with E-state index in [0.29, 0.717) is 10.7 Å². The molecule has 0 aliphatic rings. The van der Waals surface area contributed by atoms with Gasteiger partial charge in [0.1, 0.15) is 0 Å². The number of aryl methyl sites for hydroxylation is 2. The maximum Gasteiger partial charge on any atom is 0.271 e. The van der Waals surface area contributed by atoms with Crippen molar-refractivity contribution in [2.24, 2.45) is 0 Å². The molecular formula is C19H19Cl2N3O3. The molecule has 27 heavy (non-hydrogen) atoms. The van der Waals surface area contributed by atoms with Crippen LogP contribution in [-0.2, 0) is 9.59 Å². The molecule has 8 heteroatoms. The minimum Gasteiger partial charge on any atom is -0.326 e. The number of hydrazine groups is 1. The molecule has 0 atom stereocenters. The minimum atomic E-state index is -0.579. The number of hydrogen-bond acceptors (Lipinski definition) is 3. The van der Waals surface area contributed by atoms with Crippen molar-refractivity contribution in [3.05, 3.63) is 63.1 Å². The van der Waals surface area contributed by atoms with E-state index in [-0.39, 0.29) is 29.3 Å². The van der Waals surface area contributed by atoms with Crippen molar-refractivity contribution in [2.75, 3.05) is 5.32 Å². The van der Waals surface area contributed by atoms with Gasteiger partial charge < -0.3 is 5.32 Å². The van der Waals surface area contributed by atoms with Crippen LogP contribution in [0.2, 0.25) is 10.0 Å². The Morgan fingerprint density at radius 2 is 1.56 bits per heavy atom. The van der Waals surface area contributed by atoms with E-state index in [4.69, 9.17) is 23.2 Å². The Balaban J connectivity index is 1.77. The van der Waals surface area contributed by atoms with E-state index < -0.39 is 11.8 Å². The zero-order chi connectivity index (χ0) is 20.0. The van der Waals surface area contributed by atoms with Gasteiger partial charge in [0.15, 0.2) is 0 Å². The number of benzene rings is 2. The minimum absolute atomic E-state index is 0.0175. The van der Waals surface area contributed by atoms with Crippen molar-refractivity contribution in [1.29, 1.82) is 0 Å². The molecule has 0 saturated carbocycles. The lowest BCUT2D eigenvalue weighted by molar-refractivity contribution is -0.124. The van der Waals surface area contributed by atoms with Crippen LogP contribution in [0.4, 0.5) is 5.69 Å². The third kappa shape index (κ3) is 6.27. The molecule has 0 radical (unpaired) electrons. The molecule has 0 spiro atoms. The van der Waals surface area contributed by atoms with Crippen LogP contribution in [0.25, 0.3) is 0 Å². The smallest absolute Gasteiger partial charge is 0.271 e. The summed E-state index contributed by atoms with van der Waals surface area (Å²) in [5.41, 5.74) is 7.54. The first-order valence-corrected chi connectivity index (χ1v) is 8.93.